The Morgan fingerprint density at radius 3 is 2.34 bits per heavy atom. The summed E-state index contributed by atoms with van der Waals surface area (Å²) < 4.78 is 1.51. The van der Waals surface area contributed by atoms with Crippen LogP contribution >= 0.6 is 0 Å². The Bertz CT molecular complexity index is 1510. The zero-order chi connectivity index (χ0) is 22.1. The van der Waals surface area contributed by atoms with Gasteiger partial charge in [-0.1, -0.05) is 48.5 Å². The molecule has 0 saturated carbocycles. The number of nitro groups is 1. The summed E-state index contributed by atoms with van der Waals surface area (Å²) in [6.07, 6.45) is 1.61. The summed E-state index contributed by atoms with van der Waals surface area (Å²) in [5.74, 6) is 0.445. The Hall–Kier alpha value is -4.65. The molecule has 0 aliphatic heterocycles. The first-order valence-electron chi connectivity index (χ1n) is 9.91. The maximum Gasteiger partial charge on any atom is 0.270 e. The predicted molar refractivity (Wildman–Crippen MR) is 123 cm³/mol. The lowest BCUT2D eigenvalue weighted by Crippen LogP contribution is -2.22. The summed E-state index contributed by atoms with van der Waals surface area (Å²) in [4.78, 5) is 33.9. The number of benzene rings is 3. The molecule has 0 saturated heterocycles. The first-order chi connectivity index (χ1) is 15.6. The summed E-state index contributed by atoms with van der Waals surface area (Å²) in [6, 6.07) is 26.2. The van der Waals surface area contributed by atoms with Gasteiger partial charge in [0, 0.05) is 29.5 Å². The van der Waals surface area contributed by atoms with Gasteiger partial charge in [-0.15, -0.1) is 0 Å². The van der Waals surface area contributed by atoms with Crippen molar-refractivity contribution in [1.29, 1.82) is 0 Å². The highest BCUT2D eigenvalue weighted by Crippen LogP contribution is 2.31. The Balaban J connectivity index is 1.91. The van der Waals surface area contributed by atoms with E-state index in [0.29, 0.717) is 33.7 Å². The molecule has 0 unspecified atom stereocenters. The van der Waals surface area contributed by atoms with Crippen molar-refractivity contribution in [3.05, 3.63) is 118 Å². The molecule has 32 heavy (non-hydrogen) atoms. The van der Waals surface area contributed by atoms with Crippen molar-refractivity contribution < 1.29 is 4.92 Å². The zero-order valence-electron chi connectivity index (χ0n) is 16.8. The molecule has 2 aromatic heterocycles. The minimum Gasteiger partial charge on any atom is -0.268 e. The molecule has 0 amide bonds. The van der Waals surface area contributed by atoms with Crippen LogP contribution in [0.2, 0.25) is 0 Å². The Labute approximate surface area is 182 Å². The summed E-state index contributed by atoms with van der Waals surface area (Å²) in [5, 5.41) is 11.9. The van der Waals surface area contributed by atoms with Crippen LogP contribution in [-0.2, 0) is 0 Å². The van der Waals surface area contributed by atoms with E-state index in [4.69, 9.17) is 4.98 Å². The maximum absolute atomic E-state index is 13.7. The molecule has 0 bridgehead atoms. The van der Waals surface area contributed by atoms with Crippen molar-refractivity contribution in [3.63, 3.8) is 0 Å². The van der Waals surface area contributed by atoms with E-state index in [0.717, 1.165) is 5.56 Å². The van der Waals surface area contributed by atoms with E-state index in [2.05, 4.69) is 4.98 Å². The molecule has 0 radical (unpaired) electrons. The smallest absolute Gasteiger partial charge is 0.268 e. The van der Waals surface area contributed by atoms with Gasteiger partial charge in [0.05, 0.1) is 27.2 Å². The van der Waals surface area contributed by atoms with Gasteiger partial charge in [0.1, 0.15) is 5.82 Å². The van der Waals surface area contributed by atoms with Crippen molar-refractivity contribution in [1.82, 2.24) is 14.5 Å². The van der Waals surface area contributed by atoms with Gasteiger partial charge < -0.3 is 0 Å². The van der Waals surface area contributed by atoms with Crippen LogP contribution in [-0.4, -0.2) is 19.5 Å². The molecule has 0 fully saturated rings. The number of nitro benzene ring substituents is 1. The number of pyridine rings is 1. The Morgan fingerprint density at radius 2 is 1.59 bits per heavy atom. The number of fused-ring (bicyclic) bond motifs is 1. The average molecular weight is 420 g/mol. The van der Waals surface area contributed by atoms with E-state index in [-0.39, 0.29) is 11.2 Å². The molecule has 3 aromatic carbocycles. The van der Waals surface area contributed by atoms with Gasteiger partial charge in [0.25, 0.3) is 11.2 Å². The third kappa shape index (κ3) is 3.31. The molecule has 0 atom stereocenters. The SMILES string of the molecule is O=c1c2ccccc2nc(-c2ccccc2)n1-c1ccc([N+](=O)[O-])cc1-c1ccccn1. The normalized spacial score (nSPS) is 10.9. The van der Waals surface area contributed by atoms with Gasteiger partial charge >= 0.3 is 0 Å². The van der Waals surface area contributed by atoms with Crippen LogP contribution < -0.4 is 5.56 Å². The number of para-hydroxylation sites is 1. The predicted octanol–water partition coefficient (Wildman–Crippen LogP) is 5.02. The van der Waals surface area contributed by atoms with E-state index < -0.39 is 4.92 Å². The van der Waals surface area contributed by atoms with E-state index in [1.807, 2.05) is 36.4 Å². The summed E-state index contributed by atoms with van der Waals surface area (Å²) in [7, 11) is 0. The maximum atomic E-state index is 13.7. The monoisotopic (exact) mass is 420 g/mol. The highest BCUT2D eigenvalue weighted by molar-refractivity contribution is 5.82. The van der Waals surface area contributed by atoms with Crippen LogP contribution in [0.3, 0.4) is 0 Å². The lowest BCUT2D eigenvalue weighted by Gasteiger charge is -2.17. The molecule has 2 heterocycles. The molecule has 5 aromatic rings. The van der Waals surface area contributed by atoms with E-state index in [9.17, 15) is 14.9 Å². The number of non-ortho nitro benzene ring substituents is 1. The third-order valence-corrected chi connectivity index (χ3v) is 5.18. The molecular formula is C25H16N4O3. The second-order valence-electron chi connectivity index (χ2n) is 7.13. The summed E-state index contributed by atoms with van der Waals surface area (Å²) in [5.41, 5.74) is 2.44. The van der Waals surface area contributed by atoms with Crippen molar-refractivity contribution in [2.75, 3.05) is 0 Å². The first-order valence-corrected chi connectivity index (χ1v) is 9.91. The van der Waals surface area contributed by atoms with Crippen LogP contribution in [0, 0.1) is 10.1 Å². The van der Waals surface area contributed by atoms with E-state index in [1.54, 1.807) is 48.7 Å². The van der Waals surface area contributed by atoms with E-state index >= 15 is 0 Å². The summed E-state index contributed by atoms with van der Waals surface area (Å²) >= 11 is 0. The second kappa shape index (κ2) is 7.88. The fourth-order valence-corrected chi connectivity index (χ4v) is 3.70. The molecular weight excluding hydrogens is 404 g/mol. The van der Waals surface area contributed by atoms with E-state index in [1.165, 1.54) is 16.7 Å². The highest BCUT2D eigenvalue weighted by atomic mass is 16.6. The minimum absolute atomic E-state index is 0.0857. The fourth-order valence-electron chi connectivity index (χ4n) is 3.70. The molecule has 7 heteroatoms. The third-order valence-electron chi connectivity index (χ3n) is 5.18. The topological polar surface area (TPSA) is 90.9 Å². The van der Waals surface area contributed by atoms with Gasteiger partial charge in [-0.2, -0.15) is 0 Å². The quantitative estimate of drug-likeness (QED) is 0.301. The van der Waals surface area contributed by atoms with Crippen molar-refractivity contribution in [3.8, 4) is 28.3 Å². The Morgan fingerprint density at radius 1 is 0.844 bits per heavy atom. The van der Waals surface area contributed by atoms with Gasteiger partial charge in [-0.25, -0.2) is 4.98 Å². The van der Waals surface area contributed by atoms with Crippen LogP contribution in [0.15, 0.2) is 102 Å². The van der Waals surface area contributed by atoms with Crippen molar-refractivity contribution >= 4 is 16.6 Å². The van der Waals surface area contributed by atoms with Gasteiger partial charge in [-0.05, 0) is 30.3 Å². The average Bonchev–Trinajstić information content (AvgIpc) is 2.85. The fraction of sp³-hybridized carbons (Fsp3) is 0. The van der Waals surface area contributed by atoms with Gasteiger partial charge in [-0.3, -0.25) is 24.5 Å². The first kappa shape index (κ1) is 19.3. The number of hydrogen-bond donors (Lipinski definition) is 0. The number of aromatic nitrogens is 3. The molecule has 0 N–H and O–H groups in total. The minimum atomic E-state index is -0.463. The van der Waals surface area contributed by atoms with Crippen LogP contribution in [0.1, 0.15) is 0 Å². The number of hydrogen-bond acceptors (Lipinski definition) is 5. The lowest BCUT2D eigenvalue weighted by molar-refractivity contribution is -0.384. The number of rotatable bonds is 4. The zero-order valence-corrected chi connectivity index (χ0v) is 16.8. The summed E-state index contributed by atoms with van der Waals surface area (Å²) in [6.45, 7) is 0. The van der Waals surface area contributed by atoms with Crippen LogP contribution in [0.4, 0.5) is 5.69 Å². The van der Waals surface area contributed by atoms with Crippen molar-refractivity contribution in [2.24, 2.45) is 0 Å². The molecule has 0 aliphatic rings. The Kier molecular flexibility index (Phi) is 4.76. The van der Waals surface area contributed by atoms with Crippen LogP contribution in [0.5, 0.6) is 0 Å². The second-order valence-corrected chi connectivity index (χ2v) is 7.13. The standard InChI is InChI=1S/C25H16N4O3/c30-25-19-10-4-5-12-22(19)27-24(17-8-2-1-3-9-17)28(25)23-14-13-18(29(31)32)16-20(23)21-11-6-7-15-26-21/h1-16H. The largest absolute Gasteiger partial charge is 0.270 e. The van der Waals surface area contributed by atoms with Gasteiger partial charge in [0.2, 0.25) is 0 Å². The van der Waals surface area contributed by atoms with Crippen molar-refractivity contribution in [2.45, 2.75) is 0 Å². The molecule has 0 aliphatic carbocycles. The van der Waals surface area contributed by atoms with Gasteiger partial charge in [0.15, 0.2) is 0 Å². The molecule has 5 rings (SSSR count). The lowest BCUT2D eigenvalue weighted by atomic mass is 10.1. The molecule has 0 spiro atoms. The molecule has 7 nitrogen and oxygen atoms in total. The number of nitrogens with zero attached hydrogens (tertiary/aromatic N) is 4. The van der Waals surface area contributed by atoms with Crippen LogP contribution in [0.25, 0.3) is 39.2 Å². The highest BCUT2D eigenvalue weighted by Gasteiger charge is 2.20. The molecule has 154 valence electrons.